The van der Waals surface area contributed by atoms with Crippen molar-refractivity contribution in [3.63, 3.8) is 0 Å². The van der Waals surface area contributed by atoms with E-state index in [1.165, 1.54) is 4.88 Å². The number of aliphatic hydroxyl groups is 1. The minimum absolute atomic E-state index is 0.0678. The lowest BCUT2D eigenvalue weighted by atomic mass is 10.2. The Kier molecular flexibility index (Phi) is 6.84. The van der Waals surface area contributed by atoms with E-state index in [0.717, 1.165) is 39.0 Å². The van der Waals surface area contributed by atoms with Crippen LogP contribution in [0.3, 0.4) is 0 Å². The highest BCUT2D eigenvalue weighted by molar-refractivity contribution is 7.09. The molecule has 2 fully saturated rings. The number of nitrogens with one attached hydrogen (secondary N) is 1. The van der Waals surface area contributed by atoms with Gasteiger partial charge in [0.25, 0.3) is 0 Å². The molecule has 0 radical (unpaired) electrons. The van der Waals surface area contributed by atoms with Crippen LogP contribution in [0.2, 0.25) is 0 Å². The van der Waals surface area contributed by atoms with Crippen molar-refractivity contribution in [1.82, 2.24) is 15.1 Å². The fourth-order valence-corrected chi connectivity index (χ4v) is 3.73. The van der Waals surface area contributed by atoms with Gasteiger partial charge >= 0.3 is 0 Å². The molecule has 0 bridgehead atoms. The largest absolute Gasteiger partial charge is 0.389 e. The molecule has 1 aromatic rings. The maximum absolute atomic E-state index is 12.1. The Labute approximate surface area is 153 Å². The first-order valence-electron chi connectivity index (χ1n) is 9.17. The van der Waals surface area contributed by atoms with E-state index >= 15 is 0 Å². The molecule has 2 unspecified atom stereocenters. The van der Waals surface area contributed by atoms with E-state index in [1.807, 2.05) is 24.4 Å². The highest BCUT2D eigenvalue weighted by atomic mass is 32.1. The SMILES string of the molecule is CC(C(=O)NC1CC1)N1CCN(CC(O)COCc2cccs2)CC1. The number of ether oxygens (including phenoxy) is 1. The third kappa shape index (κ3) is 6.04. The second-order valence-corrected chi connectivity index (χ2v) is 8.08. The number of rotatable bonds is 9. The summed E-state index contributed by atoms with van der Waals surface area (Å²) in [4.78, 5) is 17.8. The van der Waals surface area contributed by atoms with E-state index < -0.39 is 6.10 Å². The maximum atomic E-state index is 12.1. The minimum atomic E-state index is -0.470. The first kappa shape index (κ1) is 18.8. The van der Waals surface area contributed by atoms with Gasteiger partial charge in [-0.15, -0.1) is 11.3 Å². The fourth-order valence-electron chi connectivity index (χ4n) is 3.09. The second-order valence-electron chi connectivity index (χ2n) is 7.04. The molecular weight excluding hydrogens is 338 g/mol. The van der Waals surface area contributed by atoms with Crippen LogP contribution in [0.25, 0.3) is 0 Å². The molecule has 1 aromatic heterocycles. The van der Waals surface area contributed by atoms with Gasteiger partial charge in [0.1, 0.15) is 0 Å². The fraction of sp³-hybridized carbons (Fsp3) is 0.722. The monoisotopic (exact) mass is 367 g/mol. The Hall–Kier alpha value is -0.990. The predicted molar refractivity (Wildman–Crippen MR) is 98.6 cm³/mol. The van der Waals surface area contributed by atoms with Crippen molar-refractivity contribution in [3.8, 4) is 0 Å². The molecule has 6 nitrogen and oxygen atoms in total. The van der Waals surface area contributed by atoms with Crippen LogP contribution in [0.4, 0.5) is 0 Å². The molecule has 0 spiro atoms. The number of amides is 1. The lowest BCUT2D eigenvalue weighted by Crippen LogP contribution is -2.55. The van der Waals surface area contributed by atoms with Crippen LogP contribution in [0.15, 0.2) is 17.5 Å². The van der Waals surface area contributed by atoms with Gasteiger partial charge in [0.2, 0.25) is 5.91 Å². The van der Waals surface area contributed by atoms with Crippen molar-refractivity contribution < 1.29 is 14.6 Å². The molecule has 1 saturated carbocycles. The highest BCUT2D eigenvalue weighted by Crippen LogP contribution is 2.19. The summed E-state index contributed by atoms with van der Waals surface area (Å²) in [7, 11) is 0. The van der Waals surface area contributed by atoms with Gasteiger partial charge in [-0.05, 0) is 31.2 Å². The van der Waals surface area contributed by atoms with E-state index in [0.29, 0.717) is 25.8 Å². The van der Waals surface area contributed by atoms with Gasteiger partial charge in [0.05, 0.1) is 25.4 Å². The number of hydrogen-bond acceptors (Lipinski definition) is 6. The molecule has 1 amide bonds. The van der Waals surface area contributed by atoms with Crippen molar-refractivity contribution in [2.75, 3.05) is 39.3 Å². The van der Waals surface area contributed by atoms with Gasteiger partial charge in [-0.1, -0.05) is 6.07 Å². The topological polar surface area (TPSA) is 65.0 Å². The molecule has 1 aliphatic carbocycles. The number of hydrogen-bond donors (Lipinski definition) is 2. The molecular formula is C18H29N3O3S. The number of β-amino-alcohol motifs (C(OH)–C–C–N with tert-alkyl or cyclic N) is 1. The van der Waals surface area contributed by atoms with Crippen LogP contribution in [-0.4, -0.2) is 78.3 Å². The molecule has 2 heterocycles. The van der Waals surface area contributed by atoms with Gasteiger partial charge in [0, 0.05) is 43.6 Å². The molecule has 2 atom stereocenters. The summed E-state index contributed by atoms with van der Waals surface area (Å²) in [6.45, 7) is 7.02. The first-order chi connectivity index (χ1) is 12.1. The van der Waals surface area contributed by atoms with Crippen LogP contribution in [0.5, 0.6) is 0 Å². The standard InChI is InChI=1S/C18H29N3O3S/c1-14(18(23)19-15-4-5-15)21-8-6-20(7-9-21)11-16(22)12-24-13-17-3-2-10-25-17/h2-3,10,14-16,22H,4-9,11-13H2,1H3,(H,19,23). The van der Waals surface area contributed by atoms with E-state index in [9.17, 15) is 9.90 Å². The zero-order chi connectivity index (χ0) is 17.6. The third-order valence-corrected chi connectivity index (χ3v) is 5.71. The van der Waals surface area contributed by atoms with E-state index in [4.69, 9.17) is 4.74 Å². The number of nitrogens with zero attached hydrogens (tertiary/aromatic N) is 2. The number of carbonyl (C=O) groups excluding carboxylic acids is 1. The second kappa shape index (κ2) is 9.09. The Balaban J connectivity index is 1.30. The van der Waals surface area contributed by atoms with Crippen LogP contribution in [0, 0.1) is 0 Å². The van der Waals surface area contributed by atoms with Crippen LogP contribution in [-0.2, 0) is 16.1 Å². The summed E-state index contributed by atoms with van der Waals surface area (Å²) in [5, 5.41) is 15.3. The summed E-state index contributed by atoms with van der Waals surface area (Å²) >= 11 is 1.67. The van der Waals surface area contributed by atoms with Crippen molar-refractivity contribution in [1.29, 1.82) is 0 Å². The van der Waals surface area contributed by atoms with Gasteiger partial charge < -0.3 is 15.2 Å². The van der Waals surface area contributed by atoms with Crippen molar-refractivity contribution in [2.45, 2.75) is 44.6 Å². The first-order valence-corrected chi connectivity index (χ1v) is 10.0. The average molecular weight is 368 g/mol. The Morgan fingerprint density at radius 1 is 1.40 bits per heavy atom. The molecule has 2 aliphatic rings. The number of carbonyl (C=O) groups is 1. The van der Waals surface area contributed by atoms with Crippen molar-refractivity contribution in [3.05, 3.63) is 22.4 Å². The average Bonchev–Trinajstić information content (AvgIpc) is 3.26. The zero-order valence-electron chi connectivity index (χ0n) is 14.9. The smallest absolute Gasteiger partial charge is 0.237 e. The van der Waals surface area contributed by atoms with Gasteiger partial charge in [-0.3, -0.25) is 14.6 Å². The van der Waals surface area contributed by atoms with Gasteiger partial charge in [-0.25, -0.2) is 0 Å². The molecule has 7 heteroatoms. The van der Waals surface area contributed by atoms with Gasteiger partial charge in [0.15, 0.2) is 0 Å². The van der Waals surface area contributed by atoms with Crippen molar-refractivity contribution in [2.24, 2.45) is 0 Å². The maximum Gasteiger partial charge on any atom is 0.237 e. The lowest BCUT2D eigenvalue weighted by Gasteiger charge is -2.38. The third-order valence-electron chi connectivity index (χ3n) is 4.86. The van der Waals surface area contributed by atoms with Crippen LogP contribution in [0.1, 0.15) is 24.6 Å². The molecule has 2 N–H and O–H groups in total. The lowest BCUT2D eigenvalue weighted by molar-refractivity contribution is -0.126. The van der Waals surface area contributed by atoms with Gasteiger partial charge in [-0.2, -0.15) is 0 Å². The molecule has 140 valence electrons. The normalized spacial score (nSPS) is 21.8. The Morgan fingerprint density at radius 3 is 2.80 bits per heavy atom. The molecule has 1 aliphatic heterocycles. The number of thiophene rings is 1. The summed E-state index contributed by atoms with van der Waals surface area (Å²) in [6.07, 6.45) is 1.78. The molecule has 25 heavy (non-hydrogen) atoms. The quantitative estimate of drug-likeness (QED) is 0.679. The van der Waals surface area contributed by atoms with Crippen LogP contribution >= 0.6 is 11.3 Å². The summed E-state index contributed by atoms with van der Waals surface area (Å²) < 4.78 is 5.59. The molecule has 0 aromatic carbocycles. The van der Waals surface area contributed by atoms with Crippen LogP contribution < -0.4 is 5.32 Å². The molecule has 3 rings (SSSR count). The number of aliphatic hydroxyl groups excluding tert-OH is 1. The van der Waals surface area contributed by atoms with E-state index in [2.05, 4.69) is 15.1 Å². The summed E-state index contributed by atoms with van der Waals surface area (Å²) in [5.41, 5.74) is 0. The summed E-state index contributed by atoms with van der Waals surface area (Å²) in [6, 6.07) is 4.39. The van der Waals surface area contributed by atoms with E-state index in [1.54, 1.807) is 11.3 Å². The number of piperazine rings is 1. The highest BCUT2D eigenvalue weighted by Gasteiger charge is 2.30. The zero-order valence-corrected chi connectivity index (χ0v) is 15.7. The molecule has 1 saturated heterocycles. The Bertz CT molecular complexity index is 528. The Morgan fingerprint density at radius 2 is 2.16 bits per heavy atom. The minimum Gasteiger partial charge on any atom is -0.389 e. The van der Waals surface area contributed by atoms with Crippen molar-refractivity contribution >= 4 is 17.2 Å². The van der Waals surface area contributed by atoms with E-state index in [-0.39, 0.29) is 11.9 Å². The summed E-state index contributed by atoms with van der Waals surface area (Å²) in [5.74, 6) is 0.151. The predicted octanol–water partition coefficient (Wildman–Crippen LogP) is 0.910.